The van der Waals surface area contributed by atoms with Gasteiger partial charge in [-0.1, -0.05) is 28.1 Å². The third-order valence-electron chi connectivity index (χ3n) is 2.26. The Kier molecular flexibility index (Phi) is 3.39. The second kappa shape index (κ2) is 4.80. The maximum Gasteiger partial charge on any atom is 0.295 e. The Bertz CT molecular complexity index is 647. The first-order valence-corrected chi connectivity index (χ1v) is 5.98. The molecule has 1 aromatic heterocycles. The number of H-pyrrole nitrogens is 1. The molecule has 0 saturated carbocycles. The maximum absolute atomic E-state index is 11.7. The number of nitrogens with zero attached hydrogens (tertiary/aromatic N) is 2. The highest BCUT2D eigenvalue weighted by Crippen LogP contribution is 2.11. The van der Waals surface area contributed by atoms with Gasteiger partial charge in [0.2, 0.25) is 4.77 Å². The lowest BCUT2D eigenvalue weighted by molar-refractivity contribution is 0.759. The summed E-state index contributed by atoms with van der Waals surface area (Å²) in [6.45, 7) is 0. The van der Waals surface area contributed by atoms with Crippen molar-refractivity contribution in [2.45, 2.75) is 6.42 Å². The summed E-state index contributed by atoms with van der Waals surface area (Å²) in [5, 5.41) is 6.44. The molecule has 0 spiro atoms. The summed E-state index contributed by atoms with van der Waals surface area (Å²) in [7, 11) is 0. The number of halogens is 1. The molecule has 7 heteroatoms. The average Bonchev–Trinajstić information content (AvgIpc) is 2.33. The highest BCUT2D eigenvalue weighted by Gasteiger charge is 2.06. The molecular weight excluding hydrogens is 304 g/mol. The summed E-state index contributed by atoms with van der Waals surface area (Å²) in [6.07, 6.45) is 0.412. The van der Waals surface area contributed by atoms with Crippen LogP contribution < -0.4 is 11.4 Å². The van der Waals surface area contributed by atoms with E-state index in [9.17, 15) is 4.79 Å². The molecule has 88 valence electrons. The standard InChI is InChI=1S/C10H9BrN4OS/c11-7-3-1-6(2-4-7)5-8-9(16)15(12)10(17)14-13-8/h1-4H,5,12H2,(H,14,17). The Hall–Kier alpha value is -1.47. The molecule has 0 aliphatic heterocycles. The van der Waals surface area contributed by atoms with Crippen LogP contribution in [0.15, 0.2) is 33.5 Å². The molecule has 1 aromatic carbocycles. The number of aromatic nitrogens is 3. The van der Waals surface area contributed by atoms with E-state index in [1.54, 1.807) is 0 Å². The lowest BCUT2D eigenvalue weighted by Crippen LogP contribution is -2.32. The molecule has 0 atom stereocenters. The van der Waals surface area contributed by atoms with Crippen molar-refractivity contribution in [1.29, 1.82) is 0 Å². The van der Waals surface area contributed by atoms with Crippen molar-refractivity contribution < 1.29 is 0 Å². The van der Waals surface area contributed by atoms with Gasteiger partial charge in [-0.15, -0.1) is 0 Å². The van der Waals surface area contributed by atoms with E-state index >= 15 is 0 Å². The van der Waals surface area contributed by atoms with Crippen molar-refractivity contribution in [2.24, 2.45) is 0 Å². The number of rotatable bonds is 2. The molecule has 0 unspecified atom stereocenters. The normalized spacial score (nSPS) is 10.4. The number of nitrogens with two attached hydrogens (primary N) is 1. The lowest BCUT2D eigenvalue weighted by atomic mass is 10.1. The fourth-order valence-electron chi connectivity index (χ4n) is 1.36. The topological polar surface area (TPSA) is 76.7 Å². The van der Waals surface area contributed by atoms with E-state index in [1.165, 1.54) is 0 Å². The third kappa shape index (κ3) is 2.62. The van der Waals surface area contributed by atoms with Gasteiger partial charge in [-0.2, -0.15) is 9.77 Å². The van der Waals surface area contributed by atoms with Gasteiger partial charge in [-0.05, 0) is 29.9 Å². The number of nitrogen functional groups attached to an aromatic ring is 1. The molecule has 3 N–H and O–H groups in total. The zero-order chi connectivity index (χ0) is 12.4. The van der Waals surface area contributed by atoms with Gasteiger partial charge in [0.05, 0.1) is 0 Å². The number of benzene rings is 1. The highest BCUT2D eigenvalue weighted by atomic mass is 79.9. The smallest absolute Gasteiger partial charge is 0.295 e. The van der Waals surface area contributed by atoms with E-state index in [0.29, 0.717) is 12.1 Å². The van der Waals surface area contributed by atoms with E-state index in [1.807, 2.05) is 24.3 Å². The minimum Gasteiger partial charge on any atom is -0.334 e. The Balaban J connectivity index is 2.37. The van der Waals surface area contributed by atoms with Crippen molar-refractivity contribution in [3.05, 3.63) is 55.1 Å². The molecule has 5 nitrogen and oxygen atoms in total. The lowest BCUT2D eigenvalue weighted by Gasteiger charge is -2.02. The number of nitrogens with one attached hydrogen (secondary N) is 1. The van der Waals surface area contributed by atoms with E-state index in [2.05, 4.69) is 26.1 Å². The minimum absolute atomic E-state index is 0.106. The average molecular weight is 313 g/mol. The highest BCUT2D eigenvalue weighted by molar-refractivity contribution is 9.10. The van der Waals surface area contributed by atoms with E-state index < -0.39 is 0 Å². The van der Waals surface area contributed by atoms with Gasteiger partial charge in [0.1, 0.15) is 5.69 Å². The summed E-state index contributed by atoms with van der Waals surface area (Å²) < 4.78 is 1.98. The van der Waals surface area contributed by atoms with Crippen molar-refractivity contribution >= 4 is 28.1 Å². The van der Waals surface area contributed by atoms with E-state index in [4.69, 9.17) is 18.1 Å². The van der Waals surface area contributed by atoms with Crippen LogP contribution in [-0.2, 0) is 6.42 Å². The van der Waals surface area contributed by atoms with E-state index in [-0.39, 0.29) is 10.3 Å². The Morgan fingerprint density at radius 2 is 2.06 bits per heavy atom. The van der Waals surface area contributed by atoms with Crippen LogP contribution in [0.2, 0.25) is 0 Å². The zero-order valence-electron chi connectivity index (χ0n) is 8.68. The summed E-state index contributed by atoms with van der Waals surface area (Å²) in [6, 6.07) is 7.63. The summed E-state index contributed by atoms with van der Waals surface area (Å²) in [5.74, 6) is 5.48. The maximum atomic E-state index is 11.7. The van der Waals surface area contributed by atoms with Crippen LogP contribution in [0, 0.1) is 4.77 Å². The molecule has 0 fully saturated rings. The Labute approximate surface area is 110 Å². The molecule has 0 aliphatic carbocycles. The van der Waals surface area contributed by atoms with Crippen LogP contribution in [0.1, 0.15) is 11.3 Å². The van der Waals surface area contributed by atoms with Crippen molar-refractivity contribution in [3.8, 4) is 0 Å². The number of hydrogen-bond donors (Lipinski definition) is 2. The molecular formula is C10H9BrN4OS. The first-order chi connectivity index (χ1) is 8.08. The monoisotopic (exact) mass is 312 g/mol. The molecule has 2 rings (SSSR count). The van der Waals surface area contributed by atoms with Crippen molar-refractivity contribution in [2.75, 3.05) is 5.84 Å². The Morgan fingerprint density at radius 1 is 1.41 bits per heavy atom. The fraction of sp³-hybridized carbons (Fsp3) is 0.100. The number of hydrogen-bond acceptors (Lipinski definition) is 4. The summed E-state index contributed by atoms with van der Waals surface area (Å²) in [4.78, 5) is 11.7. The summed E-state index contributed by atoms with van der Waals surface area (Å²) in [5.41, 5.74) is 0.934. The van der Waals surface area contributed by atoms with E-state index in [0.717, 1.165) is 14.7 Å². The third-order valence-corrected chi connectivity index (χ3v) is 3.07. The second-order valence-corrected chi connectivity index (χ2v) is 4.76. The SMILES string of the molecule is Nn1c(=S)[nH]nc(Cc2ccc(Br)cc2)c1=O. The molecule has 17 heavy (non-hydrogen) atoms. The van der Waals surface area contributed by atoms with Gasteiger partial charge in [0.15, 0.2) is 0 Å². The van der Waals surface area contributed by atoms with Crippen LogP contribution >= 0.6 is 28.1 Å². The molecule has 0 saturated heterocycles. The molecule has 1 heterocycles. The summed E-state index contributed by atoms with van der Waals surface area (Å²) >= 11 is 8.14. The minimum atomic E-state index is -0.378. The molecule has 0 bridgehead atoms. The molecule has 0 aliphatic rings. The molecule has 0 radical (unpaired) electrons. The number of aromatic amines is 1. The fourth-order valence-corrected chi connectivity index (χ4v) is 1.75. The van der Waals surface area contributed by atoms with Crippen molar-refractivity contribution in [3.63, 3.8) is 0 Å². The van der Waals surface area contributed by atoms with Gasteiger partial charge in [0, 0.05) is 10.9 Å². The predicted octanol–water partition coefficient (Wildman–Crippen LogP) is 1.37. The van der Waals surface area contributed by atoms with Gasteiger partial charge in [-0.25, -0.2) is 0 Å². The van der Waals surface area contributed by atoms with Crippen LogP contribution in [0.3, 0.4) is 0 Å². The second-order valence-electron chi connectivity index (χ2n) is 3.45. The van der Waals surface area contributed by atoms with Crippen LogP contribution in [0.25, 0.3) is 0 Å². The quantitative estimate of drug-likeness (QED) is 0.648. The van der Waals surface area contributed by atoms with Crippen molar-refractivity contribution in [1.82, 2.24) is 14.9 Å². The zero-order valence-corrected chi connectivity index (χ0v) is 11.1. The van der Waals surface area contributed by atoms with Crippen LogP contribution in [-0.4, -0.2) is 14.9 Å². The predicted molar refractivity (Wildman–Crippen MR) is 70.8 cm³/mol. The largest absolute Gasteiger partial charge is 0.334 e. The van der Waals surface area contributed by atoms with Crippen LogP contribution in [0.4, 0.5) is 0 Å². The van der Waals surface area contributed by atoms with Gasteiger partial charge in [0.25, 0.3) is 5.56 Å². The molecule has 2 aromatic rings. The Morgan fingerprint density at radius 3 is 2.71 bits per heavy atom. The first kappa shape index (κ1) is 12.0. The van der Waals surface area contributed by atoms with Gasteiger partial charge < -0.3 is 5.84 Å². The first-order valence-electron chi connectivity index (χ1n) is 4.78. The van der Waals surface area contributed by atoms with Crippen LogP contribution in [0.5, 0.6) is 0 Å². The molecule has 0 amide bonds. The van der Waals surface area contributed by atoms with Gasteiger partial charge >= 0.3 is 0 Å². The van der Waals surface area contributed by atoms with Gasteiger partial charge in [-0.3, -0.25) is 9.89 Å².